The molecule has 0 spiro atoms. The zero-order valence-corrected chi connectivity index (χ0v) is 16.9. The molecule has 0 N–H and O–H groups in total. The molecule has 0 bridgehead atoms. The van der Waals surface area contributed by atoms with E-state index in [1.165, 1.54) is 23.1 Å². The first-order chi connectivity index (χ1) is 12.8. The molecule has 27 heavy (non-hydrogen) atoms. The van der Waals surface area contributed by atoms with Crippen molar-refractivity contribution in [3.8, 4) is 5.75 Å². The SMILES string of the molecule is CCN(CC(=O)N1CCOc2ccccc21)S(=O)(=O)c1cc(Cl)ccc1Cl. The van der Waals surface area contributed by atoms with Gasteiger partial charge in [-0.3, -0.25) is 4.79 Å². The molecular weight excluding hydrogens is 411 g/mol. The van der Waals surface area contributed by atoms with Crippen LogP contribution in [-0.4, -0.2) is 44.9 Å². The summed E-state index contributed by atoms with van der Waals surface area (Å²) in [5, 5.41) is 0.310. The average Bonchev–Trinajstić information content (AvgIpc) is 2.67. The molecule has 1 heterocycles. The molecule has 0 aromatic heterocycles. The van der Waals surface area contributed by atoms with Crippen LogP contribution in [0.1, 0.15) is 6.92 Å². The fourth-order valence-electron chi connectivity index (χ4n) is 2.85. The quantitative estimate of drug-likeness (QED) is 0.731. The Morgan fingerprint density at radius 3 is 2.70 bits per heavy atom. The minimum atomic E-state index is -3.98. The van der Waals surface area contributed by atoms with Gasteiger partial charge in [0.15, 0.2) is 0 Å². The normalized spacial score (nSPS) is 14.0. The molecule has 0 atom stereocenters. The van der Waals surface area contributed by atoms with Gasteiger partial charge in [0.2, 0.25) is 15.9 Å². The number of fused-ring (bicyclic) bond motifs is 1. The number of amides is 1. The third-order valence-corrected chi connectivity index (χ3v) is 6.84. The van der Waals surface area contributed by atoms with Gasteiger partial charge in [0.05, 0.1) is 23.8 Å². The van der Waals surface area contributed by atoms with E-state index in [0.717, 1.165) is 4.31 Å². The second-order valence-corrected chi connectivity index (χ2v) is 8.62. The van der Waals surface area contributed by atoms with E-state index in [2.05, 4.69) is 0 Å². The van der Waals surface area contributed by atoms with Crippen LogP contribution >= 0.6 is 23.2 Å². The summed E-state index contributed by atoms with van der Waals surface area (Å²) in [6.45, 7) is 2.17. The Morgan fingerprint density at radius 1 is 1.22 bits per heavy atom. The predicted octanol–water partition coefficient (Wildman–Crippen LogP) is 3.43. The number of carbonyl (C=O) groups is 1. The highest BCUT2D eigenvalue weighted by Gasteiger charge is 2.31. The van der Waals surface area contributed by atoms with Gasteiger partial charge >= 0.3 is 0 Å². The van der Waals surface area contributed by atoms with E-state index >= 15 is 0 Å². The summed E-state index contributed by atoms with van der Waals surface area (Å²) in [5.74, 6) is 0.259. The van der Waals surface area contributed by atoms with E-state index in [0.29, 0.717) is 24.6 Å². The first-order valence-corrected chi connectivity index (χ1v) is 10.5. The summed E-state index contributed by atoms with van der Waals surface area (Å²) in [4.78, 5) is 14.3. The maximum absolute atomic E-state index is 13.0. The summed E-state index contributed by atoms with van der Waals surface area (Å²) in [7, 11) is -3.98. The zero-order valence-electron chi connectivity index (χ0n) is 14.6. The molecule has 0 aliphatic carbocycles. The van der Waals surface area contributed by atoms with Crippen LogP contribution in [0.2, 0.25) is 10.0 Å². The highest BCUT2D eigenvalue weighted by molar-refractivity contribution is 7.89. The topological polar surface area (TPSA) is 66.9 Å². The van der Waals surface area contributed by atoms with Gasteiger partial charge < -0.3 is 9.64 Å². The highest BCUT2D eigenvalue weighted by Crippen LogP contribution is 2.32. The van der Waals surface area contributed by atoms with Crippen molar-refractivity contribution < 1.29 is 17.9 Å². The van der Waals surface area contributed by atoms with E-state index in [1.54, 1.807) is 25.1 Å². The fraction of sp³-hybridized carbons (Fsp3) is 0.278. The summed E-state index contributed by atoms with van der Waals surface area (Å²) < 4.78 is 32.6. The maximum Gasteiger partial charge on any atom is 0.245 e. The minimum Gasteiger partial charge on any atom is -0.490 e. The lowest BCUT2D eigenvalue weighted by Crippen LogP contribution is -2.45. The van der Waals surface area contributed by atoms with Gasteiger partial charge in [0.1, 0.15) is 17.3 Å². The molecule has 2 aromatic carbocycles. The van der Waals surface area contributed by atoms with E-state index in [4.69, 9.17) is 27.9 Å². The van der Waals surface area contributed by atoms with Gasteiger partial charge in [-0.15, -0.1) is 0 Å². The molecule has 0 fully saturated rings. The van der Waals surface area contributed by atoms with E-state index in [9.17, 15) is 13.2 Å². The smallest absolute Gasteiger partial charge is 0.245 e. The number of nitrogens with zero attached hydrogens (tertiary/aromatic N) is 2. The van der Waals surface area contributed by atoms with E-state index in [-0.39, 0.29) is 33.9 Å². The van der Waals surface area contributed by atoms with Crippen LogP contribution in [-0.2, 0) is 14.8 Å². The Morgan fingerprint density at radius 2 is 1.96 bits per heavy atom. The van der Waals surface area contributed by atoms with Crippen LogP contribution in [0.5, 0.6) is 5.75 Å². The number of para-hydroxylation sites is 2. The summed E-state index contributed by atoms with van der Waals surface area (Å²) >= 11 is 12.0. The Bertz CT molecular complexity index is 966. The third-order valence-electron chi connectivity index (χ3n) is 4.20. The van der Waals surface area contributed by atoms with E-state index in [1.807, 2.05) is 6.07 Å². The number of rotatable bonds is 5. The standard InChI is InChI=1S/C18H18Cl2N2O4S/c1-2-21(27(24,25)17-11-13(19)7-8-14(17)20)12-18(23)22-9-10-26-16-6-4-3-5-15(16)22/h3-8,11H,2,9-10,12H2,1H3. The Kier molecular flexibility index (Phi) is 5.95. The minimum absolute atomic E-state index is 0.0574. The molecule has 0 radical (unpaired) electrons. The molecule has 6 nitrogen and oxygen atoms in total. The number of ether oxygens (including phenoxy) is 1. The predicted molar refractivity (Wildman–Crippen MR) is 105 cm³/mol. The first kappa shape index (κ1) is 19.9. The molecule has 0 unspecified atom stereocenters. The highest BCUT2D eigenvalue weighted by atomic mass is 35.5. The number of hydrogen-bond donors (Lipinski definition) is 0. The van der Waals surface area contributed by atoms with Gasteiger partial charge in [-0.2, -0.15) is 4.31 Å². The molecule has 144 valence electrons. The molecule has 2 aromatic rings. The Labute approximate surface area is 168 Å². The van der Waals surface area contributed by atoms with Crippen molar-refractivity contribution >= 4 is 44.8 Å². The van der Waals surface area contributed by atoms with Crippen LogP contribution in [0.4, 0.5) is 5.69 Å². The fourth-order valence-corrected chi connectivity index (χ4v) is 4.98. The monoisotopic (exact) mass is 428 g/mol. The van der Waals surface area contributed by atoms with Gasteiger partial charge in [0, 0.05) is 11.6 Å². The van der Waals surface area contributed by atoms with Crippen LogP contribution < -0.4 is 9.64 Å². The number of halogens is 2. The zero-order chi connectivity index (χ0) is 19.6. The lowest BCUT2D eigenvalue weighted by molar-refractivity contribution is -0.119. The first-order valence-electron chi connectivity index (χ1n) is 8.32. The van der Waals surface area contributed by atoms with Gasteiger partial charge in [-0.05, 0) is 30.3 Å². The number of likely N-dealkylation sites (N-methyl/N-ethyl adjacent to an activating group) is 1. The molecule has 0 saturated carbocycles. The maximum atomic E-state index is 13.0. The molecule has 0 saturated heterocycles. The third kappa shape index (κ3) is 4.06. The lowest BCUT2D eigenvalue weighted by atomic mass is 10.2. The largest absolute Gasteiger partial charge is 0.490 e. The summed E-state index contributed by atoms with van der Waals surface area (Å²) in [5.41, 5.74) is 0.628. The second kappa shape index (κ2) is 8.06. The summed E-state index contributed by atoms with van der Waals surface area (Å²) in [6, 6.07) is 11.4. The Balaban J connectivity index is 1.87. The Hall–Kier alpha value is -1.80. The van der Waals surface area contributed by atoms with Crippen molar-refractivity contribution in [3.63, 3.8) is 0 Å². The van der Waals surface area contributed by atoms with Crippen LogP contribution in [0.3, 0.4) is 0 Å². The van der Waals surface area contributed by atoms with Gasteiger partial charge in [-0.25, -0.2) is 8.42 Å². The van der Waals surface area contributed by atoms with Gasteiger partial charge in [-0.1, -0.05) is 42.3 Å². The molecule has 9 heteroatoms. The van der Waals surface area contributed by atoms with Crippen molar-refractivity contribution in [1.29, 1.82) is 0 Å². The van der Waals surface area contributed by atoms with Crippen molar-refractivity contribution in [2.75, 3.05) is 31.1 Å². The second-order valence-electron chi connectivity index (χ2n) is 5.87. The van der Waals surface area contributed by atoms with Crippen molar-refractivity contribution in [3.05, 3.63) is 52.5 Å². The van der Waals surface area contributed by atoms with Crippen LogP contribution in [0, 0.1) is 0 Å². The number of anilines is 1. The number of hydrogen-bond acceptors (Lipinski definition) is 4. The van der Waals surface area contributed by atoms with Crippen molar-refractivity contribution in [2.45, 2.75) is 11.8 Å². The molecule has 3 rings (SSSR count). The number of carbonyl (C=O) groups excluding carboxylic acids is 1. The average molecular weight is 429 g/mol. The van der Waals surface area contributed by atoms with Gasteiger partial charge in [0.25, 0.3) is 0 Å². The molecule has 1 aliphatic heterocycles. The molecule has 1 aliphatic rings. The van der Waals surface area contributed by atoms with Crippen LogP contribution in [0.15, 0.2) is 47.4 Å². The number of benzene rings is 2. The molecular formula is C18H18Cl2N2O4S. The van der Waals surface area contributed by atoms with Crippen molar-refractivity contribution in [2.24, 2.45) is 0 Å². The van der Waals surface area contributed by atoms with Crippen LogP contribution in [0.25, 0.3) is 0 Å². The lowest BCUT2D eigenvalue weighted by Gasteiger charge is -2.31. The van der Waals surface area contributed by atoms with E-state index < -0.39 is 10.0 Å². The summed E-state index contributed by atoms with van der Waals surface area (Å²) in [6.07, 6.45) is 0. The van der Waals surface area contributed by atoms with Crippen molar-refractivity contribution in [1.82, 2.24) is 4.31 Å². The number of sulfonamides is 1. The molecule has 1 amide bonds.